The first-order valence-corrected chi connectivity index (χ1v) is 8.08. The highest BCUT2D eigenvalue weighted by Crippen LogP contribution is 2.25. The van der Waals surface area contributed by atoms with Gasteiger partial charge in [0.25, 0.3) is 5.69 Å². The molecule has 0 N–H and O–H groups in total. The fraction of sp³-hybridized carbons (Fsp3) is 0.333. The van der Waals surface area contributed by atoms with Crippen molar-refractivity contribution < 1.29 is 9.31 Å². The van der Waals surface area contributed by atoms with Gasteiger partial charge in [-0.15, -0.1) is 0 Å². The van der Waals surface area contributed by atoms with Gasteiger partial charge in [0, 0.05) is 38.8 Å². The van der Waals surface area contributed by atoms with Crippen LogP contribution in [-0.4, -0.2) is 36.0 Å². The minimum Gasteiger partial charge on any atom is -0.368 e. The molecule has 0 bridgehead atoms. The lowest BCUT2D eigenvalue weighted by Gasteiger charge is -2.24. The molecule has 1 heterocycles. The van der Waals surface area contributed by atoms with Crippen LogP contribution in [0, 0.1) is 15.9 Å². The Bertz CT molecular complexity index is 709. The van der Waals surface area contributed by atoms with Gasteiger partial charge in [0.05, 0.1) is 16.7 Å². The zero-order valence-electron chi connectivity index (χ0n) is 13.4. The highest BCUT2D eigenvalue weighted by molar-refractivity contribution is 5.52. The molecule has 1 aliphatic rings. The van der Waals surface area contributed by atoms with Crippen molar-refractivity contribution in [1.82, 2.24) is 4.90 Å². The van der Waals surface area contributed by atoms with E-state index in [0.717, 1.165) is 38.7 Å². The van der Waals surface area contributed by atoms with Gasteiger partial charge in [-0.2, -0.15) is 0 Å². The van der Waals surface area contributed by atoms with Gasteiger partial charge in [-0.25, -0.2) is 4.39 Å². The van der Waals surface area contributed by atoms with Crippen molar-refractivity contribution in [1.29, 1.82) is 0 Å². The minimum atomic E-state index is -0.573. The molecule has 1 saturated heterocycles. The van der Waals surface area contributed by atoms with Gasteiger partial charge < -0.3 is 4.90 Å². The minimum absolute atomic E-state index is 0.211. The summed E-state index contributed by atoms with van der Waals surface area (Å²) in [6.07, 6.45) is 0.934. The molecule has 1 fully saturated rings. The van der Waals surface area contributed by atoms with Gasteiger partial charge in [-0.1, -0.05) is 30.3 Å². The number of anilines is 1. The molecular weight excluding hydrogens is 309 g/mol. The van der Waals surface area contributed by atoms with Gasteiger partial charge in [-0.3, -0.25) is 15.0 Å². The molecule has 2 aromatic rings. The molecular formula is C18H20FN3O2. The van der Waals surface area contributed by atoms with Crippen LogP contribution in [0.5, 0.6) is 0 Å². The Hall–Kier alpha value is -2.47. The number of nitro groups is 1. The normalized spacial score (nSPS) is 16.0. The van der Waals surface area contributed by atoms with Gasteiger partial charge in [-0.05, 0) is 18.1 Å². The van der Waals surface area contributed by atoms with Crippen LogP contribution in [0.1, 0.15) is 12.0 Å². The molecule has 0 aromatic heterocycles. The quantitative estimate of drug-likeness (QED) is 0.637. The Morgan fingerprint density at radius 3 is 2.54 bits per heavy atom. The molecule has 0 spiro atoms. The summed E-state index contributed by atoms with van der Waals surface area (Å²) >= 11 is 0. The van der Waals surface area contributed by atoms with Crippen molar-refractivity contribution >= 4 is 11.4 Å². The number of hydrogen-bond donors (Lipinski definition) is 0. The molecule has 0 saturated carbocycles. The van der Waals surface area contributed by atoms with E-state index in [1.165, 1.54) is 17.7 Å². The third kappa shape index (κ3) is 3.89. The summed E-state index contributed by atoms with van der Waals surface area (Å²) in [5.74, 6) is -0.527. The number of nitrogens with zero attached hydrogens (tertiary/aromatic N) is 3. The summed E-state index contributed by atoms with van der Waals surface area (Å²) in [6, 6.07) is 14.2. The molecule has 0 atom stereocenters. The Kier molecular flexibility index (Phi) is 5.05. The van der Waals surface area contributed by atoms with Gasteiger partial charge in [0.15, 0.2) is 5.82 Å². The van der Waals surface area contributed by atoms with Crippen LogP contribution in [0.4, 0.5) is 15.8 Å². The zero-order valence-corrected chi connectivity index (χ0v) is 13.4. The molecule has 6 heteroatoms. The lowest BCUT2D eigenvalue weighted by molar-refractivity contribution is -0.385. The molecule has 3 rings (SSSR count). The Morgan fingerprint density at radius 2 is 1.83 bits per heavy atom. The van der Waals surface area contributed by atoms with Gasteiger partial charge >= 0.3 is 0 Å². The Labute approximate surface area is 140 Å². The van der Waals surface area contributed by atoms with Crippen LogP contribution in [-0.2, 0) is 6.54 Å². The standard InChI is InChI=1S/C18H20FN3O2/c19-17-13-16(22(23)24)7-8-18(17)21-10-4-9-20(11-12-21)14-15-5-2-1-3-6-15/h1-3,5-8,13H,4,9-12,14H2. The van der Waals surface area contributed by atoms with E-state index in [1.807, 2.05) is 23.1 Å². The van der Waals surface area contributed by atoms with E-state index < -0.39 is 10.7 Å². The number of nitro benzene ring substituents is 1. The molecule has 1 aliphatic heterocycles. The summed E-state index contributed by atoms with van der Waals surface area (Å²) in [5, 5.41) is 10.7. The van der Waals surface area contributed by atoms with Crippen LogP contribution < -0.4 is 4.90 Å². The first-order chi connectivity index (χ1) is 11.6. The number of hydrogen-bond acceptors (Lipinski definition) is 4. The van der Waals surface area contributed by atoms with E-state index in [1.54, 1.807) is 0 Å². The molecule has 0 radical (unpaired) electrons. The van der Waals surface area contributed by atoms with Gasteiger partial charge in [0.1, 0.15) is 0 Å². The first kappa shape index (κ1) is 16.4. The van der Waals surface area contributed by atoms with E-state index in [9.17, 15) is 14.5 Å². The highest BCUT2D eigenvalue weighted by Gasteiger charge is 2.19. The molecule has 2 aromatic carbocycles. The average Bonchev–Trinajstić information content (AvgIpc) is 2.81. The van der Waals surface area contributed by atoms with Crippen molar-refractivity contribution in [3.63, 3.8) is 0 Å². The molecule has 5 nitrogen and oxygen atoms in total. The number of halogens is 1. The molecule has 126 valence electrons. The smallest absolute Gasteiger partial charge is 0.272 e. The molecule has 0 unspecified atom stereocenters. The maximum absolute atomic E-state index is 14.2. The zero-order chi connectivity index (χ0) is 16.9. The maximum Gasteiger partial charge on any atom is 0.272 e. The van der Waals surface area contributed by atoms with Crippen LogP contribution in [0.2, 0.25) is 0 Å². The van der Waals surface area contributed by atoms with Crippen LogP contribution in [0.3, 0.4) is 0 Å². The fourth-order valence-corrected chi connectivity index (χ4v) is 3.08. The molecule has 0 amide bonds. The second-order valence-corrected chi connectivity index (χ2v) is 6.00. The third-order valence-corrected chi connectivity index (χ3v) is 4.32. The molecule has 24 heavy (non-hydrogen) atoms. The van der Waals surface area contributed by atoms with Crippen LogP contribution >= 0.6 is 0 Å². The Morgan fingerprint density at radius 1 is 1.04 bits per heavy atom. The topological polar surface area (TPSA) is 49.6 Å². The van der Waals surface area contributed by atoms with Gasteiger partial charge in [0.2, 0.25) is 0 Å². The summed E-state index contributed by atoms with van der Waals surface area (Å²) < 4.78 is 14.2. The van der Waals surface area contributed by atoms with E-state index in [4.69, 9.17) is 0 Å². The average molecular weight is 329 g/mol. The van der Waals surface area contributed by atoms with Crippen molar-refractivity contribution in [3.8, 4) is 0 Å². The monoisotopic (exact) mass is 329 g/mol. The lowest BCUT2D eigenvalue weighted by Crippen LogP contribution is -2.31. The van der Waals surface area contributed by atoms with E-state index in [0.29, 0.717) is 12.2 Å². The largest absolute Gasteiger partial charge is 0.368 e. The first-order valence-electron chi connectivity index (χ1n) is 8.08. The second kappa shape index (κ2) is 7.40. The van der Waals surface area contributed by atoms with E-state index in [-0.39, 0.29) is 5.69 Å². The summed E-state index contributed by atoms with van der Waals surface area (Å²) in [5.41, 5.74) is 1.51. The SMILES string of the molecule is O=[N+]([O-])c1ccc(N2CCCN(Cc3ccccc3)CC2)c(F)c1. The molecule has 0 aliphatic carbocycles. The number of rotatable bonds is 4. The second-order valence-electron chi connectivity index (χ2n) is 6.00. The summed E-state index contributed by atoms with van der Waals surface area (Å²) in [6.45, 7) is 4.14. The number of benzene rings is 2. The van der Waals surface area contributed by atoms with Crippen molar-refractivity contribution in [3.05, 3.63) is 70.0 Å². The van der Waals surface area contributed by atoms with Crippen LogP contribution in [0.25, 0.3) is 0 Å². The fourth-order valence-electron chi connectivity index (χ4n) is 3.08. The predicted molar refractivity (Wildman–Crippen MR) is 91.6 cm³/mol. The van der Waals surface area contributed by atoms with Crippen molar-refractivity contribution in [2.24, 2.45) is 0 Å². The summed E-state index contributed by atoms with van der Waals surface area (Å²) in [7, 11) is 0. The van der Waals surface area contributed by atoms with E-state index in [2.05, 4.69) is 17.0 Å². The summed E-state index contributed by atoms with van der Waals surface area (Å²) in [4.78, 5) is 14.5. The Balaban J connectivity index is 1.66. The van der Waals surface area contributed by atoms with Crippen molar-refractivity contribution in [2.75, 3.05) is 31.1 Å². The highest BCUT2D eigenvalue weighted by atomic mass is 19.1. The third-order valence-electron chi connectivity index (χ3n) is 4.32. The number of non-ortho nitro benzene ring substituents is 1. The van der Waals surface area contributed by atoms with E-state index >= 15 is 0 Å². The van der Waals surface area contributed by atoms with Crippen LogP contribution in [0.15, 0.2) is 48.5 Å². The predicted octanol–water partition coefficient (Wildman–Crippen LogP) is 3.45. The maximum atomic E-state index is 14.2. The van der Waals surface area contributed by atoms with Crippen molar-refractivity contribution in [2.45, 2.75) is 13.0 Å². The lowest BCUT2D eigenvalue weighted by atomic mass is 10.2.